The Labute approximate surface area is 126 Å². The lowest BCUT2D eigenvalue weighted by Crippen LogP contribution is -2.37. The van der Waals surface area contributed by atoms with Crippen LogP contribution in [0, 0.1) is 0 Å². The highest BCUT2D eigenvalue weighted by molar-refractivity contribution is 5.74. The van der Waals surface area contributed by atoms with Crippen LogP contribution in [0.3, 0.4) is 0 Å². The van der Waals surface area contributed by atoms with Crippen molar-refractivity contribution in [1.29, 1.82) is 0 Å². The Bertz CT molecular complexity index is 540. The van der Waals surface area contributed by atoms with Gasteiger partial charge in [-0.2, -0.15) is 0 Å². The summed E-state index contributed by atoms with van der Waals surface area (Å²) >= 11 is 0. The molecule has 2 rings (SSSR count). The van der Waals surface area contributed by atoms with Crippen LogP contribution < -0.4 is 10.6 Å². The van der Waals surface area contributed by atoms with Gasteiger partial charge in [0.2, 0.25) is 0 Å². The van der Waals surface area contributed by atoms with Gasteiger partial charge in [-0.25, -0.2) is 4.79 Å². The molecule has 0 aromatic heterocycles. The number of carbonyl (C=O) groups is 1. The Morgan fingerprint density at radius 1 is 1.00 bits per heavy atom. The summed E-state index contributed by atoms with van der Waals surface area (Å²) in [6, 6.07) is 20.2. The molecule has 2 amide bonds. The first-order valence-corrected chi connectivity index (χ1v) is 7.39. The van der Waals surface area contributed by atoms with Crippen LogP contribution in [-0.4, -0.2) is 12.6 Å². The van der Waals surface area contributed by atoms with Crippen molar-refractivity contribution < 1.29 is 4.79 Å². The fraction of sp³-hybridized carbons (Fsp3) is 0.278. The van der Waals surface area contributed by atoms with Gasteiger partial charge in [0.05, 0.1) is 6.04 Å². The zero-order valence-corrected chi connectivity index (χ0v) is 12.4. The molecule has 1 atom stereocenters. The molecule has 3 heteroatoms. The van der Waals surface area contributed by atoms with Gasteiger partial charge in [0, 0.05) is 6.54 Å². The Hall–Kier alpha value is -2.29. The summed E-state index contributed by atoms with van der Waals surface area (Å²) in [5.41, 5.74) is 2.41. The largest absolute Gasteiger partial charge is 0.338 e. The van der Waals surface area contributed by atoms with Crippen LogP contribution in [0.25, 0.3) is 0 Å². The molecule has 0 aliphatic heterocycles. The minimum Gasteiger partial charge on any atom is -0.338 e. The molecule has 0 aliphatic rings. The van der Waals surface area contributed by atoms with Crippen LogP contribution in [0.15, 0.2) is 60.7 Å². The molecule has 0 saturated carbocycles. The van der Waals surface area contributed by atoms with Gasteiger partial charge in [-0.05, 0) is 30.9 Å². The second-order valence-corrected chi connectivity index (χ2v) is 5.12. The number of urea groups is 1. The predicted octanol–water partition coefficient (Wildman–Crippen LogP) is 3.68. The van der Waals surface area contributed by atoms with Crippen molar-refractivity contribution >= 4 is 6.03 Å². The maximum Gasteiger partial charge on any atom is 0.315 e. The lowest BCUT2D eigenvalue weighted by Gasteiger charge is -2.15. The van der Waals surface area contributed by atoms with Crippen LogP contribution in [0.1, 0.15) is 30.5 Å². The molecule has 2 N–H and O–H groups in total. The van der Waals surface area contributed by atoms with E-state index in [1.165, 1.54) is 5.56 Å². The molecule has 110 valence electrons. The topological polar surface area (TPSA) is 41.1 Å². The van der Waals surface area contributed by atoms with Crippen molar-refractivity contribution in [3.63, 3.8) is 0 Å². The quantitative estimate of drug-likeness (QED) is 0.780. The van der Waals surface area contributed by atoms with Gasteiger partial charge in [0.15, 0.2) is 0 Å². The molecule has 0 saturated heterocycles. The zero-order chi connectivity index (χ0) is 14.9. The maximum atomic E-state index is 11.8. The molecule has 21 heavy (non-hydrogen) atoms. The summed E-state index contributed by atoms with van der Waals surface area (Å²) in [6.07, 6.45) is 1.92. The summed E-state index contributed by atoms with van der Waals surface area (Å²) in [6.45, 7) is 2.67. The zero-order valence-electron chi connectivity index (χ0n) is 12.4. The third kappa shape index (κ3) is 5.30. The average Bonchev–Trinajstić information content (AvgIpc) is 2.53. The Morgan fingerprint density at radius 2 is 1.62 bits per heavy atom. The number of nitrogens with one attached hydrogen (secondary N) is 2. The molecule has 0 fully saturated rings. The van der Waals surface area contributed by atoms with E-state index in [-0.39, 0.29) is 12.1 Å². The SMILES string of the molecule is C[C@H](NC(=O)NCCCc1ccccc1)c1ccccc1. The number of benzene rings is 2. The maximum absolute atomic E-state index is 11.8. The van der Waals surface area contributed by atoms with Crippen molar-refractivity contribution in [3.05, 3.63) is 71.8 Å². The molecule has 2 aromatic carbocycles. The molecule has 2 aromatic rings. The van der Waals surface area contributed by atoms with E-state index in [4.69, 9.17) is 0 Å². The molecular formula is C18H22N2O. The van der Waals surface area contributed by atoms with Gasteiger partial charge in [0.1, 0.15) is 0 Å². The summed E-state index contributed by atoms with van der Waals surface area (Å²) < 4.78 is 0. The van der Waals surface area contributed by atoms with Gasteiger partial charge < -0.3 is 10.6 Å². The fourth-order valence-corrected chi connectivity index (χ4v) is 2.21. The van der Waals surface area contributed by atoms with Crippen LogP contribution in [-0.2, 0) is 6.42 Å². The molecule has 0 radical (unpaired) electrons. The number of rotatable bonds is 6. The third-order valence-corrected chi connectivity index (χ3v) is 3.42. The van der Waals surface area contributed by atoms with Crippen LogP contribution >= 0.6 is 0 Å². The monoisotopic (exact) mass is 282 g/mol. The number of aryl methyl sites for hydroxylation is 1. The second kappa shape index (κ2) is 8.10. The van der Waals surface area contributed by atoms with E-state index in [0.717, 1.165) is 18.4 Å². The smallest absolute Gasteiger partial charge is 0.315 e. The second-order valence-electron chi connectivity index (χ2n) is 5.12. The standard InChI is InChI=1S/C18H22N2O/c1-15(17-12-6-3-7-13-17)20-18(21)19-14-8-11-16-9-4-2-5-10-16/h2-7,9-10,12-13,15H,8,11,14H2,1H3,(H2,19,20,21)/t15-/m0/s1. The van der Waals surface area contributed by atoms with E-state index in [1.807, 2.05) is 55.5 Å². The molecular weight excluding hydrogens is 260 g/mol. The Morgan fingerprint density at radius 3 is 2.29 bits per heavy atom. The van der Waals surface area contributed by atoms with Crippen molar-refractivity contribution in [1.82, 2.24) is 10.6 Å². The molecule has 0 bridgehead atoms. The number of hydrogen-bond donors (Lipinski definition) is 2. The molecule has 3 nitrogen and oxygen atoms in total. The first-order valence-electron chi connectivity index (χ1n) is 7.39. The van der Waals surface area contributed by atoms with E-state index >= 15 is 0 Å². The van der Waals surface area contributed by atoms with E-state index in [9.17, 15) is 4.79 Å². The molecule has 0 spiro atoms. The van der Waals surface area contributed by atoms with E-state index < -0.39 is 0 Å². The minimum atomic E-state index is -0.112. The van der Waals surface area contributed by atoms with Gasteiger partial charge in [-0.1, -0.05) is 60.7 Å². The van der Waals surface area contributed by atoms with Gasteiger partial charge >= 0.3 is 6.03 Å². The molecule has 0 heterocycles. The fourth-order valence-electron chi connectivity index (χ4n) is 2.21. The van der Waals surface area contributed by atoms with Crippen LogP contribution in [0.4, 0.5) is 4.79 Å². The number of amides is 2. The van der Waals surface area contributed by atoms with Crippen LogP contribution in [0.5, 0.6) is 0 Å². The lowest BCUT2D eigenvalue weighted by atomic mass is 10.1. The first kappa shape index (κ1) is 15.1. The third-order valence-electron chi connectivity index (χ3n) is 3.42. The number of hydrogen-bond acceptors (Lipinski definition) is 1. The van der Waals surface area contributed by atoms with Crippen molar-refractivity contribution in [2.45, 2.75) is 25.8 Å². The van der Waals surface area contributed by atoms with E-state index in [0.29, 0.717) is 6.54 Å². The van der Waals surface area contributed by atoms with Crippen molar-refractivity contribution in [2.24, 2.45) is 0 Å². The summed E-state index contributed by atoms with van der Waals surface area (Å²) in [7, 11) is 0. The van der Waals surface area contributed by atoms with E-state index in [1.54, 1.807) is 0 Å². The summed E-state index contributed by atoms with van der Waals surface area (Å²) in [4.78, 5) is 11.8. The normalized spacial score (nSPS) is 11.7. The Kier molecular flexibility index (Phi) is 5.83. The summed E-state index contributed by atoms with van der Waals surface area (Å²) in [5, 5.41) is 5.85. The van der Waals surface area contributed by atoms with Gasteiger partial charge in [-0.3, -0.25) is 0 Å². The average molecular weight is 282 g/mol. The highest BCUT2D eigenvalue weighted by Crippen LogP contribution is 2.10. The summed E-state index contributed by atoms with van der Waals surface area (Å²) in [5.74, 6) is 0. The first-order chi connectivity index (χ1) is 10.3. The minimum absolute atomic E-state index is 0.0142. The molecule has 0 aliphatic carbocycles. The van der Waals surface area contributed by atoms with Crippen molar-refractivity contribution in [2.75, 3.05) is 6.54 Å². The lowest BCUT2D eigenvalue weighted by molar-refractivity contribution is 0.238. The van der Waals surface area contributed by atoms with Gasteiger partial charge in [-0.15, -0.1) is 0 Å². The highest BCUT2D eigenvalue weighted by atomic mass is 16.2. The number of carbonyl (C=O) groups excluding carboxylic acids is 1. The Balaban J connectivity index is 1.66. The molecule has 0 unspecified atom stereocenters. The van der Waals surface area contributed by atoms with Crippen molar-refractivity contribution in [3.8, 4) is 0 Å². The van der Waals surface area contributed by atoms with E-state index in [2.05, 4.69) is 22.8 Å². The highest BCUT2D eigenvalue weighted by Gasteiger charge is 2.07. The predicted molar refractivity (Wildman–Crippen MR) is 86.2 cm³/mol. The van der Waals surface area contributed by atoms with Crippen LogP contribution in [0.2, 0.25) is 0 Å². The van der Waals surface area contributed by atoms with Gasteiger partial charge in [0.25, 0.3) is 0 Å².